The van der Waals surface area contributed by atoms with Gasteiger partial charge in [-0.25, -0.2) is 0 Å². The number of nitrogens with zero attached hydrogens (tertiary/aromatic N) is 1. The molecule has 2 aliphatic rings. The highest BCUT2D eigenvalue weighted by Crippen LogP contribution is 2.35. The van der Waals surface area contributed by atoms with Crippen LogP contribution >= 0.6 is 11.3 Å². The third-order valence-corrected chi connectivity index (χ3v) is 5.72. The van der Waals surface area contributed by atoms with Gasteiger partial charge in [-0.05, 0) is 50.6 Å². The van der Waals surface area contributed by atoms with Crippen LogP contribution in [-0.4, -0.2) is 29.4 Å². The van der Waals surface area contributed by atoms with Gasteiger partial charge < -0.3 is 5.32 Å². The Bertz CT molecular complexity index is 439. The Morgan fingerprint density at radius 2 is 2.15 bits per heavy atom. The molecule has 3 nitrogen and oxygen atoms in total. The number of thiophene rings is 1. The van der Waals surface area contributed by atoms with Crippen molar-refractivity contribution in [2.45, 2.75) is 63.6 Å². The van der Waals surface area contributed by atoms with Crippen LogP contribution in [0.1, 0.15) is 56.4 Å². The Morgan fingerprint density at radius 3 is 2.85 bits per heavy atom. The van der Waals surface area contributed by atoms with Gasteiger partial charge in [0.05, 0.1) is 6.04 Å². The molecule has 1 N–H and O–H groups in total. The molecule has 4 heteroatoms. The third-order valence-electron chi connectivity index (χ3n) is 4.74. The zero-order valence-electron chi connectivity index (χ0n) is 12.2. The van der Waals surface area contributed by atoms with E-state index in [2.05, 4.69) is 34.7 Å². The molecule has 1 saturated heterocycles. The van der Waals surface area contributed by atoms with Crippen LogP contribution in [0.25, 0.3) is 0 Å². The van der Waals surface area contributed by atoms with E-state index in [1.165, 1.54) is 30.6 Å². The van der Waals surface area contributed by atoms with Crippen molar-refractivity contribution < 1.29 is 4.79 Å². The molecule has 0 spiro atoms. The molecule has 0 bridgehead atoms. The van der Waals surface area contributed by atoms with Crippen molar-refractivity contribution in [1.82, 2.24) is 10.2 Å². The van der Waals surface area contributed by atoms with Crippen LogP contribution in [-0.2, 0) is 4.79 Å². The first kappa shape index (κ1) is 14.1. The largest absolute Gasteiger partial charge is 0.352 e. The second kappa shape index (κ2) is 6.27. The van der Waals surface area contributed by atoms with E-state index in [4.69, 9.17) is 0 Å². The standard InChI is InChI=1S/C16H24N2OS/c1-12(16(19)17-13-6-2-3-7-13)18-10-4-8-14(18)15-9-5-11-20-15/h5,9,11-14H,2-4,6-8,10H2,1H3,(H,17,19). The summed E-state index contributed by atoms with van der Waals surface area (Å²) in [5.41, 5.74) is 0. The predicted octanol–water partition coefficient (Wildman–Crippen LogP) is 3.33. The molecule has 20 heavy (non-hydrogen) atoms. The molecule has 1 aliphatic heterocycles. The number of carbonyl (C=O) groups excluding carboxylic acids is 1. The number of hydrogen-bond donors (Lipinski definition) is 1. The molecule has 3 rings (SSSR count). The summed E-state index contributed by atoms with van der Waals surface area (Å²) in [6.07, 6.45) is 7.23. The lowest BCUT2D eigenvalue weighted by atomic mass is 10.1. The summed E-state index contributed by atoms with van der Waals surface area (Å²) in [6.45, 7) is 3.11. The van der Waals surface area contributed by atoms with Gasteiger partial charge in [-0.2, -0.15) is 0 Å². The molecule has 1 aliphatic carbocycles. The summed E-state index contributed by atoms with van der Waals surface area (Å²) in [6, 6.07) is 5.17. The Balaban J connectivity index is 1.63. The second-order valence-electron chi connectivity index (χ2n) is 6.08. The average Bonchev–Trinajstić information content (AvgIpc) is 3.18. The van der Waals surface area contributed by atoms with Gasteiger partial charge in [-0.3, -0.25) is 9.69 Å². The van der Waals surface area contributed by atoms with Gasteiger partial charge >= 0.3 is 0 Å². The lowest BCUT2D eigenvalue weighted by Crippen LogP contribution is -2.47. The summed E-state index contributed by atoms with van der Waals surface area (Å²) >= 11 is 1.81. The quantitative estimate of drug-likeness (QED) is 0.923. The van der Waals surface area contributed by atoms with Gasteiger partial charge in [0.1, 0.15) is 0 Å². The lowest BCUT2D eigenvalue weighted by molar-refractivity contribution is -0.126. The van der Waals surface area contributed by atoms with Crippen LogP contribution in [0.15, 0.2) is 17.5 Å². The normalized spacial score (nSPS) is 25.9. The Hall–Kier alpha value is -0.870. The van der Waals surface area contributed by atoms with Crippen molar-refractivity contribution in [1.29, 1.82) is 0 Å². The van der Waals surface area contributed by atoms with Crippen LogP contribution in [0.2, 0.25) is 0 Å². The van der Waals surface area contributed by atoms with E-state index in [-0.39, 0.29) is 11.9 Å². The van der Waals surface area contributed by atoms with Crippen LogP contribution in [0.3, 0.4) is 0 Å². The monoisotopic (exact) mass is 292 g/mol. The summed E-state index contributed by atoms with van der Waals surface area (Å²) in [7, 11) is 0. The smallest absolute Gasteiger partial charge is 0.237 e. The van der Waals surface area contributed by atoms with Gasteiger partial charge in [0, 0.05) is 17.0 Å². The zero-order valence-corrected chi connectivity index (χ0v) is 13.0. The minimum atomic E-state index is -0.00907. The molecule has 2 unspecified atom stereocenters. The lowest BCUT2D eigenvalue weighted by Gasteiger charge is -2.30. The fraction of sp³-hybridized carbons (Fsp3) is 0.688. The topological polar surface area (TPSA) is 32.3 Å². The maximum atomic E-state index is 12.5. The van der Waals surface area contributed by atoms with Gasteiger partial charge in [0.25, 0.3) is 0 Å². The highest BCUT2D eigenvalue weighted by atomic mass is 32.1. The summed E-state index contributed by atoms with van der Waals surface area (Å²) in [5, 5.41) is 5.38. The van der Waals surface area contributed by atoms with Crippen molar-refractivity contribution in [2.75, 3.05) is 6.54 Å². The average molecular weight is 292 g/mol. The number of hydrogen-bond acceptors (Lipinski definition) is 3. The van der Waals surface area contributed by atoms with Crippen molar-refractivity contribution in [3.63, 3.8) is 0 Å². The molecule has 2 fully saturated rings. The molecule has 0 radical (unpaired) electrons. The van der Waals surface area contributed by atoms with Crippen molar-refractivity contribution in [3.05, 3.63) is 22.4 Å². The van der Waals surface area contributed by atoms with Crippen LogP contribution in [0, 0.1) is 0 Å². The maximum absolute atomic E-state index is 12.5. The molecule has 1 amide bonds. The van der Waals surface area contributed by atoms with Crippen LogP contribution in [0.5, 0.6) is 0 Å². The summed E-state index contributed by atoms with van der Waals surface area (Å²) in [4.78, 5) is 16.2. The molecular formula is C16H24N2OS. The van der Waals surface area contributed by atoms with E-state index in [9.17, 15) is 4.79 Å². The second-order valence-corrected chi connectivity index (χ2v) is 7.06. The molecule has 0 aromatic carbocycles. The number of rotatable bonds is 4. The van der Waals surface area contributed by atoms with E-state index >= 15 is 0 Å². The van der Waals surface area contributed by atoms with Crippen LogP contribution in [0.4, 0.5) is 0 Å². The number of likely N-dealkylation sites (tertiary alicyclic amines) is 1. The highest BCUT2D eigenvalue weighted by Gasteiger charge is 2.34. The molecule has 1 saturated carbocycles. The first-order valence-corrected chi connectivity index (χ1v) is 8.73. The minimum Gasteiger partial charge on any atom is -0.352 e. The first-order chi connectivity index (χ1) is 9.75. The molecule has 2 heterocycles. The maximum Gasteiger partial charge on any atom is 0.237 e. The van der Waals surface area contributed by atoms with Crippen LogP contribution < -0.4 is 5.32 Å². The van der Waals surface area contributed by atoms with Crippen molar-refractivity contribution >= 4 is 17.2 Å². The van der Waals surface area contributed by atoms with Gasteiger partial charge in [0.2, 0.25) is 5.91 Å². The van der Waals surface area contributed by atoms with E-state index in [1.54, 1.807) is 0 Å². The summed E-state index contributed by atoms with van der Waals surface area (Å²) < 4.78 is 0. The van der Waals surface area contributed by atoms with E-state index in [1.807, 2.05) is 11.3 Å². The molecule has 2 atom stereocenters. The predicted molar refractivity (Wildman–Crippen MR) is 82.9 cm³/mol. The van der Waals surface area contributed by atoms with Gasteiger partial charge in [-0.1, -0.05) is 18.9 Å². The van der Waals surface area contributed by atoms with E-state index in [0.717, 1.165) is 19.4 Å². The Labute approximate surface area is 125 Å². The van der Waals surface area contributed by atoms with E-state index in [0.29, 0.717) is 12.1 Å². The zero-order chi connectivity index (χ0) is 13.9. The Morgan fingerprint density at radius 1 is 1.35 bits per heavy atom. The third kappa shape index (κ3) is 2.91. The molecule has 1 aromatic rings. The number of nitrogens with one attached hydrogen (secondary N) is 1. The summed E-state index contributed by atoms with van der Waals surface area (Å²) in [5.74, 6) is 0.223. The fourth-order valence-electron chi connectivity index (χ4n) is 3.58. The number of carbonyl (C=O) groups is 1. The van der Waals surface area contributed by atoms with Gasteiger partial charge in [0.15, 0.2) is 0 Å². The molecule has 110 valence electrons. The Kier molecular flexibility index (Phi) is 4.41. The fourth-order valence-corrected chi connectivity index (χ4v) is 4.46. The van der Waals surface area contributed by atoms with E-state index < -0.39 is 0 Å². The SMILES string of the molecule is CC(C(=O)NC1CCCC1)N1CCCC1c1cccs1. The first-order valence-electron chi connectivity index (χ1n) is 7.85. The van der Waals surface area contributed by atoms with Gasteiger partial charge in [-0.15, -0.1) is 11.3 Å². The molecule has 1 aromatic heterocycles. The van der Waals surface area contributed by atoms with Crippen molar-refractivity contribution in [3.8, 4) is 0 Å². The highest BCUT2D eigenvalue weighted by molar-refractivity contribution is 7.10. The number of amides is 1. The van der Waals surface area contributed by atoms with Crippen molar-refractivity contribution in [2.24, 2.45) is 0 Å². The molecular weight excluding hydrogens is 268 g/mol. The minimum absolute atomic E-state index is 0.00907.